The topological polar surface area (TPSA) is 79.3 Å². The van der Waals surface area contributed by atoms with E-state index in [4.69, 9.17) is 15.0 Å². The molecular weight excluding hydrogens is 372 g/mol. The van der Waals surface area contributed by atoms with Crippen molar-refractivity contribution < 1.29 is 4.74 Å². The summed E-state index contributed by atoms with van der Waals surface area (Å²) in [5.41, 5.74) is 2.81. The SMILES string of the molecule is CC(Oc1ccc(C#N)cc1)c1nc2c3c4c(sc3ncn2n1)CN(C)CC4. The number of rotatable bonds is 3. The molecule has 28 heavy (non-hydrogen) atoms. The number of likely N-dealkylation sites (N-methyl/N-ethyl adjacent to an activating group) is 1. The van der Waals surface area contributed by atoms with Gasteiger partial charge in [-0.05, 0) is 50.2 Å². The van der Waals surface area contributed by atoms with Crippen LogP contribution >= 0.6 is 11.3 Å². The van der Waals surface area contributed by atoms with Gasteiger partial charge in [-0.1, -0.05) is 0 Å². The average Bonchev–Trinajstić information content (AvgIpc) is 3.28. The molecule has 0 saturated carbocycles. The van der Waals surface area contributed by atoms with Crippen molar-refractivity contribution in [1.29, 1.82) is 5.26 Å². The Morgan fingerprint density at radius 3 is 2.89 bits per heavy atom. The number of benzene rings is 1. The van der Waals surface area contributed by atoms with Crippen molar-refractivity contribution in [3.63, 3.8) is 0 Å². The summed E-state index contributed by atoms with van der Waals surface area (Å²) in [7, 11) is 2.15. The molecule has 1 aromatic carbocycles. The molecule has 0 N–H and O–H groups in total. The van der Waals surface area contributed by atoms with Gasteiger partial charge in [-0.2, -0.15) is 5.26 Å². The van der Waals surface area contributed by atoms with E-state index in [-0.39, 0.29) is 6.10 Å². The summed E-state index contributed by atoms with van der Waals surface area (Å²) in [6.45, 7) is 3.93. The molecule has 3 aromatic heterocycles. The molecule has 8 heteroatoms. The van der Waals surface area contributed by atoms with Crippen molar-refractivity contribution in [2.75, 3.05) is 13.6 Å². The normalized spacial score (nSPS) is 15.5. The molecule has 4 heterocycles. The second kappa shape index (κ2) is 6.55. The van der Waals surface area contributed by atoms with Crippen LogP contribution in [0.1, 0.15) is 34.9 Å². The average molecular weight is 390 g/mol. The van der Waals surface area contributed by atoms with E-state index >= 15 is 0 Å². The lowest BCUT2D eigenvalue weighted by Crippen LogP contribution is -2.25. The maximum absolute atomic E-state index is 8.92. The van der Waals surface area contributed by atoms with E-state index in [0.29, 0.717) is 17.1 Å². The smallest absolute Gasteiger partial charge is 0.192 e. The molecule has 0 saturated heterocycles. The summed E-state index contributed by atoms with van der Waals surface area (Å²) in [5.74, 6) is 1.30. The van der Waals surface area contributed by atoms with Gasteiger partial charge >= 0.3 is 0 Å². The molecule has 5 rings (SSSR count). The van der Waals surface area contributed by atoms with Gasteiger partial charge in [0.2, 0.25) is 0 Å². The van der Waals surface area contributed by atoms with Crippen molar-refractivity contribution in [3.05, 3.63) is 52.4 Å². The molecule has 1 aliphatic heterocycles. The van der Waals surface area contributed by atoms with Crippen LogP contribution in [0.5, 0.6) is 5.75 Å². The summed E-state index contributed by atoms with van der Waals surface area (Å²) in [6, 6.07) is 9.16. The Hall–Kier alpha value is -3.02. The largest absolute Gasteiger partial charge is 0.483 e. The highest BCUT2D eigenvalue weighted by molar-refractivity contribution is 7.19. The Bertz CT molecular complexity index is 1220. The van der Waals surface area contributed by atoms with Crippen LogP contribution < -0.4 is 4.74 Å². The number of hydrogen-bond donors (Lipinski definition) is 0. The zero-order chi connectivity index (χ0) is 19.3. The van der Waals surface area contributed by atoms with Gasteiger partial charge in [0, 0.05) is 18.0 Å². The van der Waals surface area contributed by atoms with Crippen molar-refractivity contribution in [2.45, 2.75) is 26.0 Å². The van der Waals surface area contributed by atoms with Crippen LogP contribution in [0, 0.1) is 11.3 Å². The van der Waals surface area contributed by atoms with Crippen molar-refractivity contribution in [2.24, 2.45) is 0 Å². The standard InChI is InChI=1S/C20H18N6OS/c1-12(27-14-5-3-13(9-21)4-6-14)18-23-19-17-15-7-8-25(2)10-16(15)28-20(17)22-11-26(19)24-18/h3-6,11-12H,7-8,10H2,1-2H3. The van der Waals surface area contributed by atoms with Crippen LogP contribution in [0.15, 0.2) is 30.6 Å². The minimum atomic E-state index is -0.316. The van der Waals surface area contributed by atoms with Crippen LogP contribution in [0.3, 0.4) is 0 Å². The maximum Gasteiger partial charge on any atom is 0.192 e. The molecule has 1 aliphatic rings. The molecule has 0 spiro atoms. The molecule has 0 aliphatic carbocycles. The fourth-order valence-electron chi connectivity index (χ4n) is 3.57. The second-order valence-electron chi connectivity index (χ2n) is 7.05. The number of ether oxygens (including phenoxy) is 1. The number of fused-ring (bicyclic) bond motifs is 5. The first-order valence-electron chi connectivity index (χ1n) is 9.13. The third kappa shape index (κ3) is 2.80. The maximum atomic E-state index is 8.92. The third-order valence-corrected chi connectivity index (χ3v) is 6.17. The first-order chi connectivity index (χ1) is 13.6. The Balaban J connectivity index is 1.52. The van der Waals surface area contributed by atoms with Gasteiger partial charge in [-0.25, -0.2) is 14.5 Å². The van der Waals surface area contributed by atoms with Crippen molar-refractivity contribution in [3.8, 4) is 11.8 Å². The Morgan fingerprint density at radius 2 is 2.11 bits per heavy atom. The van der Waals surface area contributed by atoms with Gasteiger partial charge in [-0.15, -0.1) is 16.4 Å². The number of aromatic nitrogens is 4. The van der Waals surface area contributed by atoms with Gasteiger partial charge in [0.1, 0.15) is 16.9 Å². The van der Waals surface area contributed by atoms with E-state index in [1.165, 1.54) is 10.4 Å². The summed E-state index contributed by atoms with van der Waals surface area (Å²) < 4.78 is 7.73. The minimum Gasteiger partial charge on any atom is -0.483 e. The monoisotopic (exact) mass is 390 g/mol. The highest BCUT2D eigenvalue weighted by Crippen LogP contribution is 2.35. The lowest BCUT2D eigenvalue weighted by Gasteiger charge is -2.21. The fraction of sp³-hybridized carbons (Fsp3) is 0.300. The molecule has 0 fully saturated rings. The molecule has 0 amide bonds. The lowest BCUT2D eigenvalue weighted by molar-refractivity contribution is 0.216. The second-order valence-corrected chi connectivity index (χ2v) is 8.13. The summed E-state index contributed by atoms with van der Waals surface area (Å²) >= 11 is 1.75. The first kappa shape index (κ1) is 17.1. The zero-order valence-corrected chi connectivity index (χ0v) is 16.4. The van der Waals surface area contributed by atoms with Gasteiger partial charge < -0.3 is 9.64 Å². The molecule has 7 nitrogen and oxygen atoms in total. The predicted molar refractivity (Wildman–Crippen MR) is 106 cm³/mol. The number of nitrogens with zero attached hydrogens (tertiary/aromatic N) is 6. The number of thiophene rings is 1. The third-order valence-electron chi connectivity index (χ3n) is 5.04. The molecule has 1 atom stereocenters. The Kier molecular flexibility index (Phi) is 4.00. The van der Waals surface area contributed by atoms with E-state index in [0.717, 1.165) is 35.4 Å². The van der Waals surface area contributed by atoms with Crippen LogP contribution in [-0.4, -0.2) is 38.1 Å². The number of nitriles is 1. The zero-order valence-electron chi connectivity index (χ0n) is 15.6. The first-order valence-corrected chi connectivity index (χ1v) is 9.95. The molecule has 1 unspecified atom stereocenters. The van der Waals surface area contributed by atoms with Crippen LogP contribution in [-0.2, 0) is 13.0 Å². The van der Waals surface area contributed by atoms with E-state index in [1.54, 1.807) is 46.4 Å². The van der Waals surface area contributed by atoms with Crippen LogP contribution in [0.4, 0.5) is 0 Å². The highest BCUT2D eigenvalue weighted by atomic mass is 32.1. The molecule has 4 aromatic rings. The quantitative estimate of drug-likeness (QED) is 0.534. The van der Waals surface area contributed by atoms with Crippen LogP contribution in [0.2, 0.25) is 0 Å². The van der Waals surface area contributed by atoms with Gasteiger partial charge in [0.05, 0.1) is 17.0 Å². The van der Waals surface area contributed by atoms with Gasteiger partial charge in [0.15, 0.2) is 17.6 Å². The van der Waals surface area contributed by atoms with E-state index < -0.39 is 0 Å². The summed E-state index contributed by atoms with van der Waals surface area (Å²) in [6.07, 6.45) is 2.42. The molecule has 140 valence electrons. The summed E-state index contributed by atoms with van der Waals surface area (Å²) in [4.78, 5) is 14.1. The Labute approximate surface area is 165 Å². The van der Waals surface area contributed by atoms with Gasteiger partial charge in [-0.3, -0.25) is 0 Å². The van der Waals surface area contributed by atoms with Crippen LogP contribution in [0.25, 0.3) is 15.9 Å². The van der Waals surface area contributed by atoms with E-state index in [9.17, 15) is 0 Å². The van der Waals surface area contributed by atoms with E-state index in [2.05, 4.69) is 28.1 Å². The Morgan fingerprint density at radius 1 is 1.29 bits per heavy atom. The summed E-state index contributed by atoms with van der Waals surface area (Å²) in [5, 5.41) is 14.6. The van der Waals surface area contributed by atoms with Crippen molar-refractivity contribution >= 4 is 27.2 Å². The lowest BCUT2D eigenvalue weighted by atomic mass is 10.1. The number of hydrogen-bond acceptors (Lipinski definition) is 7. The molecular formula is C20H18N6OS. The highest BCUT2D eigenvalue weighted by Gasteiger charge is 2.23. The molecule has 0 radical (unpaired) electrons. The van der Waals surface area contributed by atoms with E-state index in [1.807, 2.05) is 6.92 Å². The molecule has 0 bridgehead atoms. The van der Waals surface area contributed by atoms with Crippen molar-refractivity contribution in [1.82, 2.24) is 24.5 Å². The predicted octanol–water partition coefficient (Wildman–Crippen LogP) is 3.34. The fourth-order valence-corrected chi connectivity index (χ4v) is 4.84. The van der Waals surface area contributed by atoms with Gasteiger partial charge in [0.25, 0.3) is 0 Å². The minimum absolute atomic E-state index is 0.316.